The molecule has 0 bridgehead atoms. The summed E-state index contributed by atoms with van der Waals surface area (Å²) in [6, 6.07) is 14.8. The molecule has 0 aliphatic heterocycles. The van der Waals surface area contributed by atoms with Gasteiger partial charge in [0.05, 0.1) is 11.6 Å². The maximum absolute atomic E-state index is 6.15. The van der Waals surface area contributed by atoms with Gasteiger partial charge >= 0.3 is 0 Å². The summed E-state index contributed by atoms with van der Waals surface area (Å²) in [6.45, 7) is 4.36. The van der Waals surface area contributed by atoms with Crippen LogP contribution < -0.4 is 15.4 Å². The molecule has 0 aliphatic rings. The Kier molecular flexibility index (Phi) is 6.40. The zero-order valence-corrected chi connectivity index (χ0v) is 15.9. The molecule has 0 unspecified atom stereocenters. The van der Waals surface area contributed by atoms with Crippen molar-refractivity contribution in [3.63, 3.8) is 0 Å². The first-order valence-electron chi connectivity index (χ1n) is 8.12. The Balaban J connectivity index is 1.55. The molecule has 0 saturated carbocycles. The van der Waals surface area contributed by atoms with Crippen molar-refractivity contribution >= 4 is 34.6 Å². The minimum absolute atomic E-state index is 0.288. The van der Waals surface area contributed by atoms with Gasteiger partial charge in [-0.05, 0) is 36.5 Å². The SMILES string of the molecule is C=CCOc1cccc(NC(=S)NCc2nc(-c3ccccc3Cl)no2)c1. The fourth-order valence-electron chi connectivity index (χ4n) is 2.23. The van der Waals surface area contributed by atoms with E-state index in [9.17, 15) is 0 Å². The summed E-state index contributed by atoms with van der Waals surface area (Å²) in [5, 5.41) is 11.0. The average Bonchev–Trinajstić information content (AvgIpc) is 3.14. The number of aromatic nitrogens is 2. The second-order valence-electron chi connectivity index (χ2n) is 5.43. The molecule has 0 amide bonds. The molecule has 0 fully saturated rings. The topological polar surface area (TPSA) is 72.2 Å². The normalized spacial score (nSPS) is 10.3. The van der Waals surface area contributed by atoms with Crippen LogP contribution in [0, 0.1) is 0 Å². The molecule has 138 valence electrons. The van der Waals surface area contributed by atoms with Gasteiger partial charge in [-0.1, -0.05) is 47.6 Å². The van der Waals surface area contributed by atoms with E-state index in [-0.39, 0.29) is 6.54 Å². The molecule has 0 aliphatic carbocycles. The number of anilines is 1. The molecule has 0 spiro atoms. The van der Waals surface area contributed by atoms with Gasteiger partial charge in [-0.15, -0.1) is 0 Å². The lowest BCUT2D eigenvalue weighted by Gasteiger charge is -2.10. The van der Waals surface area contributed by atoms with Gasteiger partial charge in [0, 0.05) is 17.3 Å². The largest absolute Gasteiger partial charge is 0.489 e. The molecule has 2 aromatic carbocycles. The first-order valence-corrected chi connectivity index (χ1v) is 8.90. The van der Waals surface area contributed by atoms with E-state index in [1.54, 1.807) is 12.1 Å². The van der Waals surface area contributed by atoms with Gasteiger partial charge < -0.3 is 19.9 Å². The summed E-state index contributed by atoms with van der Waals surface area (Å²) >= 11 is 11.4. The van der Waals surface area contributed by atoms with Crippen molar-refractivity contribution in [3.05, 3.63) is 72.1 Å². The molecule has 0 radical (unpaired) electrons. The molecular weight excluding hydrogens is 384 g/mol. The maximum atomic E-state index is 6.15. The van der Waals surface area contributed by atoms with E-state index < -0.39 is 0 Å². The van der Waals surface area contributed by atoms with Gasteiger partial charge in [0.15, 0.2) is 5.11 Å². The van der Waals surface area contributed by atoms with E-state index >= 15 is 0 Å². The standard InChI is InChI=1S/C19H17ClN4O2S/c1-2-10-25-14-7-5-6-13(11-14)22-19(27)21-12-17-23-18(24-26-17)15-8-3-4-9-16(15)20/h2-9,11H,1,10,12H2,(H2,21,22,27). The van der Waals surface area contributed by atoms with E-state index in [0.29, 0.717) is 34.0 Å². The van der Waals surface area contributed by atoms with Crippen molar-refractivity contribution < 1.29 is 9.26 Å². The Labute approximate surface area is 167 Å². The Morgan fingerprint density at radius 3 is 2.93 bits per heavy atom. The fraction of sp³-hybridized carbons (Fsp3) is 0.105. The number of halogens is 1. The third-order valence-electron chi connectivity index (χ3n) is 3.44. The van der Waals surface area contributed by atoms with Crippen LogP contribution in [0.15, 0.2) is 65.7 Å². The summed E-state index contributed by atoms with van der Waals surface area (Å²) in [7, 11) is 0. The molecular formula is C19H17ClN4O2S. The van der Waals surface area contributed by atoms with Crippen molar-refractivity contribution in [3.8, 4) is 17.1 Å². The lowest BCUT2D eigenvalue weighted by molar-refractivity contribution is 0.363. The lowest BCUT2D eigenvalue weighted by Crippen LogP contribution is -2.28. The average molecular weight is 401 g/mol. The number of hydrogen-bond donors (Lipinski definition) is 2. The molecule has 0 atom stereocenters. The highest BCUT2D eigenvalue weighted by molar-refractivity contribution is 7.80. The second-order valence-corrected chi connectivity index (χ2v) is 6.24. The van der Waals surface area contributed by atoms with Crippen LogP contribution in [0.2, 0.25) is 5.02 Å². The Bertz CT molecular complexity index is 945. The summed E-state index contributed by atoms with van der Waals surface area (Å²) in [5.74, 6) is 1.56. The smallest absolute Gasteiger partial charge is 0.246 e. The zero-order chi connectivity index (χ0) is 19.1. The second kappa shape index (κ2) is 9.16. The first kappa shape index (κ1) is 18.9. The molecule has 1 heterocycles. The molecule has 0 saturated heterocycles. The van der Waals surface area contributed by atoms with Gasteiger partial charge in [0.25, 0.3) is 0 Å². The van der Waals surface area contributed by atoms with Crippen molar-refractivity contribution in [2.75, 3.05) is 11.9 Å². The first-order chi connectivity index (χ1) is 13.2. The Morgan fingerprint density at radius 1 is 1.26 bits per heavy atom. The minimum Gasteiger partial charge on any atom is -0.489 e. The molecule has 8 heteroatoms. The van der Waals surface area contributed by atoms with Gasteiger partial charge in [-0.2, -0.15) is 4.98 Å². The van der Waals surface area contributed by atoms with Crippen LogP contribution in [0.3, 0.4) is 0 Å². The summed E-state index contributed by atoms with van der Waals surface area (Å²) < 4.78 is 10.7. The quantitative estimate of drug-likeness (QED) is 0.448. The number of nitrogens with one attached hydrogen (secondary N) is 2. The number of nitrogens with zero attached hydrogens (tertiary/aromatic N) is 2. The van der Waals surface area contributed by atoms with E-state index in [1.165, 1.54) is 0 Å². The maximum Gasteiger partial charge on any atom is 0.246 e. The number of rotatable bonds is 7. The van der Waals surface area contributed by atoms with E-state index in [1.807, 2.05) is 42.5 Å². The van der Waals surface area contributed by atoms with Crippen LogP contribution in [0.5, 0.6) is 5.75 Å². The van der Waals surface area contributed by atoms with Crippen LogP contribution >= 0.6 is 23.8 Å². The van der Waals surface area contributed by atoms with Crippen molar-refractivity contribution in [1.82, 2.24) is 15.5 Å². The van der Waals surface area contributed by atoms with Crippen LogP contribution in [-0.2, 0) is 6.54 Å². The Morgan fingerprint density at radius 2 is 2.11 bits per heavy atom. The molecule has 27 heavy (non-hydrogen) atoms. The van der Waals surface area contributed by atoms with Gasteiger partial charge in [0.2, 0.25) is 11.7 Å². The van der Waals surface area contributed by atoms with E-state index in [4.69, 9.17) is 33.1 Å². The number of benzene rings is 2. The summed E-state index contributed by atoms with van der Waals surface area (Å²) in [5.41, 5.74) is 1.52. The highest BCUT2D eigenvalue weighted by Crippen LogP contribution is 2.24. The van der Waals surface area contributed by atoms with Gasteiger partial charge in [-0.25, -0.2) is 0 Å². The fourth-order valence-corrected chi connectivity index (χ4v) is 2.64. The van der Waals surface area contributed by atoms with Crippen LogP contribution in [0.1, 0.15) is 5.89 Å². The van der Waals surface area contributed by atoms with Crippen LogP contribution in [0.25, 0.3) is 11.4 Å². The van der Waals surface area contributed by atoms with Crippen molar-refractivity contribution in [1.29, 1.82) is 0 Å². The van der Waals surface area contributed by atoms with Gasteiger partial charge in [-0.3, -0.25) is 0 Å². The number of ether oxygens (including phenoxy) is 1. The molecule has 3 aromatic rings. The monoisotopic (exact) mass is 400 g/mol. The molecule has 2 N–H and O–H groups in total. The van der Waals surface area contributed by atoms with E-state index in [2.05, 4.69) is 27.4 Å². The predicted molar refractivity (Wildman–Crippen MR) is 110 cm³/mol. The van der Waals surface area contributed by atoms with Crippen molar-refractivity contribution in [2.24, 2.45) is 0 Å². The van der Waals surface area contributed by atoms with Crippen molar-refractivity contribution in [2.45, 2.75) is 6.54 Å². The number of hydrogen-bond acceptors (Lipinski definition) is 5. The lowest BCUT2D eigenvalue weighted by atomic mass is 10.2. The Hall–Kier alpha value is -2.90. The highest BCUT2D eigenvalue weighted by atomic mass is 35.5. The molecule has 3 rings (SSSR count). The summed E-state index contributed by atoms with van der Waals surface area (Å²) in [6.07, 6.45) is 1.69. The molecule has 6 nitrogen and oxygen atoms in total. The number of thiocarbonyl (C=S) groups is 1. The zero-order valence-electron chi connectivity index (χ0n) is 14.3. The van der Waals surface area contributed by atoms with E-state index in [0.717, 1.165) is 11.4 Å². The van der Waals surface area contributed by atoms with Crippen LogP contribution in [0.4, 0.5) is 5.69 Å². The summed E-state index contributed by atoms with van der Waals surface area (Å²) in [4.78, 5) is 4.33. The highest BCUT2D eigenvalue weighted by Gasteiger charge is 2.11. The molecule has 1 aromatic heterocycles. The van der Waals surface area contributed by atoms with Crippen LogP contribution in [-0.4, -0.2) is 21.9 Å². The third kappa shape index (κ3) is 5.29. The minimum atomic E-state index is 0.288. The van der Waals surface area contributed by atoms with Gasteiger partial charge in [0.1, 0.15) is 12.4 Å². The third-order valence-corrected chi connectivity index (χ3v) is 4.02. The predicted octanol–water partition coefficient (Wildman–Crippen LogP) is 4.44.